The van der Waals surface area contributed by atoms with Crippen molar-refractivity contribution in [1.29, 1.82) is 0 Å². The van der Waals surface area contributed by atoms with Crippen LogP contribution >= 0.6 is 0 Å². The molecule has 0 aliphatic carbocycles. The Morgan fingerprint density at radius 1 is 1.53 bits per heavy atom. The molecule has 1 rings (SSSR count). The number of methoxy groups -OCH3 is 1. The number of aromatic hydroxyl groups is 1. The zero-order valence-electron chi connectivity index (χ0n) is 8.91. The molecule has 0 radical (unpaired) electrons. The number of benzene rings is 1. The predicted molar refractivity (Wildman–Crippen MR) is 53.9 cm³/mol. The molecule has 0 heterocycles. The first-order chi connectivity index (χ1) is 7.88. The van der Waals surface area contributed by atoms with Gasteiger partial charge in [-0.05, 0) is 0 Å². The van der Waals surface area contributed by atoms with Crippen LogP contribution in [0.1, 0.15) is 5.56 Å². The van der Waals surface area contributed by atoms with E-state index >= 15 is 0 Å². The van der Waals surface area contributed by atoms with Crippen LogP contribution in [0.4, 0.5) is 8.78 Å². The lowest BCUT2D eigenvalue weighted by atomic mass is 10.0. The van der Waals surface area contributed by atoms with Crippen molar-refractivity contribution >= 4 is 5.97 Å². The van der Waals surface area contributed by atoms with Gasteiger partial charge in [-0.15, -0.1) is 0 Å². The average molecular weight is 247 g/mol. The Bertz CT molecular complexity index is 450. The maximum absolute atomic E-state index is 13.3. The molecule has 0 saturated heterocycles. The highest BCUT2D eigenvalue weighted by molar-refractivity contribution is 5.73. The van der Waals surface area contributed by atoms with Gasteiger partial charge in [0.15, 0.2) is 17.3 Å². The van der Waals surface area contributed by atoms with Gasteiger partial charge in [-0.25, -0.2) is 8.78 Å². The van der Waals surface area contributed by atoms with Gasteiger partial charge in [-0.1, -0.05) is 0 Å². The fourth-order valence-electron chi connectivity index (χ4n) is 1.32. The van der Waals surface area contributed by atoms with E-state index in [2.05, 4.69) is 4.74 Å². The van der Waals surface area contributed by atoms with Crippen LogP contribution in [0.3, 0.4) is 0 Å². The number of hydrogen-bond acceptors (Lipinski definition) is 4. The fourth-order valence-corrected chi connectivity index (χ4v) is 1.32. The molecule has 94 valence electrons. The van der Waals surface area contributed by atoms with Crippen molar-refractivity contribution < 1.29 is 28.5 Å². The maximum atomic E-state index is 13.3. The molecule has 0 aromatic heterocycles. The Hall–Kier alpha value is -1.89. The highest BCUT2D eigenvalue weighted by Crippen LogP contribution is 2.35. The molecule has 1 atom stereocenters. The SMILES string of the molecule is COc1c(F)cc(F)c(CC(N)C(=O)O)c1O. The molecule has 1 unspecified atom stereocenters. The van der Waals surface area contributed by atoms with Crippen molar-refractivity contribution in [2.24, 2.45) is 5.73 Å². The van der Waals surface area contributed by atoms with E-state index in [4.69, 9.17) is 10.8 Å². The van der Waals surface area contributed by atoms with E-state index in [1.807, 2.05) is 0 Å². The van der Waals surface area contributed by atoms with Gasteiger partial charge in [0.2, 0.25) is 0 Å². The molecule has 0 spiro atoms. The molecule has 0 aliphatic rings. The van der Waals surface area contributed by atoms with Crippen molar-refractivity contribution in [1.82, 2.24) is 0 Å². The van der Waals surface area contributed by atoms with Crippen molar-refractivity contribution in [3.63, 3.8) is 0 Å². The lowest BCUT2D eigenvalue weighted by Gasteiger charge is -2.12. The molecule has 7 heteroatoms. The molecule has 0 fully saturated rings. The Balaban J connectivity index is 3.20. The van der Waals surface area contributed by atoms with Crippen molar-refractivity contribution in [2.75, 3.05) is 7.11 Å². The summed E-state index contributed by atoms with van der Waals surface area (Å²) in [4.78, 5) is 10.5. The fraction of sp³-hybridized carbons (Fsp3) is 0.300. The quantitative estimate of drug-likeness (QED) is 0.725. The number of phenols is 1. The zero-order valence-corrected chi connectivity index (χ0v) is 8.91. The van der Waals surface area contributed by atoms with Gasteiger partial charge in [0.05, 0.1) is 7.11 Å². The van der Waals surface area contributed by atoms with Gasteiger partial charge in [0.1, 0.15) is 11.9 Å². The number of rotatable bonds is 4. The van der Waals surface area contributed by atoms with E-state index < -0.39 is 47.1 Å². The van der Waals surface area contributed by atoms with Crippen molar-refractivity contribution in [2.45, 2.75) is 12.5 Å². The summed E-state index contributed by atoms with van der Waals surface area (Å²) < 4.78 is 31.0. The number of ether oxygens (including phenoxy) is 1. The molecule has 5 nitrogen and oxygen atoms in total. The minimum absolute atomic E-state index is 0.391. The van der Waals surface area contributed by atoms with E-state index in [0.29, 0.717) is 6.07 Å². The first-order valence-corrected chi connectivity index (χ1v) is 4.60. The Morgan fingerprint density at radius 2 is 2.12 bits per heavy atom. The third-order valence-corrected chi connectivity index (χ3v) is 2.20. The number of halogens is 2. The maximum Gasteiger partial charge on any atom is 0.320 e. The van der Waals surface area contributed by atoms with E-state index in [-0.39, 0.29) is 0 Å². The highest BCUT2D eigenvalue weighted by atomic mass is 19.1. The number of carbonyl (C=O) groups is 1. The van der Waals surface area contributed by atoms with Crippen LogP contribution in [-0.2, 0) is 11.2 Å². The summed E-state index contributed by atoms with van der Waals surface area (Å²) in [6.07, 6.45) is -0.469. The largest absolute Gasteiger partial charge is 0.504 e. The molecule has 0 amide bonds. The number of aliphatic carboxylic acids is 1. The van der Waals surface area contributed by atoms with Crippen molar-refractivity contribution in [3.8, 4) is 11.5 Å². The molecule has 4 N–H and O–H groups in total. The first kappa shape index (κ1) is 13.2. The van der Waals surface area contributed by atoms with Gasteiger partial charge in [-0.2, -0.15) is 0 Å². The molecule has 1 aromatic carbocycles. The lowest BCUT2D eigenvalue weighted by molar-refractivity contribution is -0.138. The van der Waals surface area contributed by atoms with Gasteiger partial charge in [-0.3, -0.25) is 4.79 Å². The molecule has 17 heavy (non-hydrogen) atoms. The number of carboxylic acid groups (broad SMARTS) is 1. The second-order valence-corrected chi connectivity index (χ2v) is 3.35. The summed E-state index contributed by atoms with van der Waals surface area (Å²) >= 11 is 0. The van der Waals surface area contributed by atoms with Crippen LogP contribution in [0, 0.1) is 11.6 Å². The average Bonchev–Trinajstić information content (AvgIpc) is 2.24. The molecule has 0 saturated carbocycles. The normalized spacial score (nSPS) is 12.2. The molecular weight excluding hydrogens is 236 g/mol. The van der Waals surface area contributed by atoms with Gasteiger partial charge in [0, 0.05) is 18.1 Å². The third-order valence-electron chi connectivity index (χ3n) is 2.20. The van der Waals surface area contributed by atoms with Crippen LogP contribution in [0.5, 0.6) is 11.5 Å². The second-order valence-electron chi connectivity index (χ2n) is 3.35. The summed E-state index contributed by atoms with van der Waals surface area (Å²) in [7, 11) is 1.09. The van der Waals surface area contributed by atoms with Gasteiger partial charge >= 0.3 is 5.97 Å². The first-order valence-electron chi connectivity index (χ1n) is 4.60. The summed E-state index contributed by atoms with van der Waals surface area (Å²) in [6, 6.07) is -0.895. The minimum Gasteiger partial charge on any atom is -0.504 e. The Kier molecular flexibility index (Phi) is 3.84. The van der Waals surface area contributed by atoms with Crippen LogP contribution in [0.15, 0.2) is 6.07 Å². The van der Waals surface area contributed by atoms with Crippen LogP contribution in [0.2, 0.25) is 0 Å². The van der Waals surface area contributed by atoms with Gasteiger partial charge < -0.3 is 20.7 Å². The summed E-state index contributed by atoms with van der Waals surface area (Å²) in [5.41, 5.74) is 4.81. The number of nitrogens with two attached hydrogens (primary N) is 1. The lowest BCUT2D eigenvalue weighted by Crippen LogP contribution is -2.32. The summed E-state index contributed by atoms with van der Waals surface area (Å²) in [6.45, 7) is 0. The minimum atomic E-state index is -1.40. The van der Waals surface area contributed by atoms with E-state index in [1.54, 1.807) is 0 Å². The number of phenolic OH excluding ortho intramolecular Hbond substituents is 1. The Morgan fingerprint density at radius 3 is 2.59 bits per heavy atom. The highest BCUT2D eigenvalue weighted by Gasteiger charge is 2.23. The van der Waals surface area contributed by atoms with Gasteiger partial charge in [0.25, 0.3) is 0 Å². The molecule has 1 aromatic rings. The molecule has 0 aliphatic heterocycles. The standard InChI is InChI=1S/C10H11F2NO4/c1-17-9-6(12)3-5(11)4(8(9)14)2-7(13)10(15)16/h3,7,14H,2,13H2,1H3,(H,15,16). The van der Waals surface area contributed by atoms with Crippen LogP contribution < -0.4 is 10.5 Å². The zero-order chi connectivity index (χ0) is 13.2. The summed E-state index contributed by atoms with van der Waals surface area (Å²) in [5.74, 6) is -4.82. The number of carboxylic acids is 1. The van der Waals surface area contributed by atoms with Crippen LogP contribution in [0.25, 0.3) is 0 Å². The molecular formula is C10H11F2NO4. The van der Waals surface area contributed by atoms with E-state index in [1.165, 1.54) is 0 Å². The smallest absolute Gasteiger partial charge is 0.320 e. The monoisotopic (exact) mass is 247 g/mol. The Labute approximate surface area is 95.4 Å². The molecule has 0 bridgehead atoms. The summed E-state index contributed by atoms with van der Waals surface area (Å²) in [5, 5.41) is 18.1. The van der Waals surface area contributed by atoms with Crippen molar-refractivity contribution in [3.05, 3.63) is 23.3 Å². The second kappa shape index (κ2) is 4.96. The van der Waals surface area contributed by atoms with E-state index in [0.717, 1.165) is 7.11 Å². The number of hydrogen-bond donors (Lipinski definition) is 3. The third kappa shape index (κ3) is 2.62. The topological polar surface area (TPSA) is 92.8 Å². The van der Waals surface area contributed by atoms with E-state index in [9.17, 15) is 18.7 Å². The predicted octanol–water partition coefficient (Wildman–Crippen LogP) is 0.633. The van der Waals surface area contributed by atoms with Crippen LogP contribution in [-0.4, -0.2) is 29.3 Å².